The van der Waals surface area contributed by atoms with Crippen molar-refractivity contribution in [1.82, 2.24) is 9.97 Å². The van der Waals surface area contributed by atoms with E-state index in [-0.39, 0.29) is 5.02 Å². The van der Waals surface area contributed by atoms with Gasteiger partial charge in [0.1, 0.15) is 12.1 Å². The molecule has 1 amide bonds. The molecule has 0 saturated carbocycles. The highest BCUT2D eigenvalue weighted by molar-refractivity contribution is 6.30. The molecule has 0 atom stereocenters. The van der Waals surface area contributed by atoms with Gasteiger partial charge in [-0.25, -0.2) is 14.8 Å². The summed E-state index contributed by atoms with van der Waals surface area (Å²) in [6, 6.07) is 9.73. The number of ether oxygens (including phenoxy) is 1. The third kappa shape index (κ3) is 4.40. The fraction of sp³-hybridized carbons (Fsp3) is 0.105. The van der Waals surface area contributed by atoms with Gasteiger partial charge in [-0.15, -0.1) is 0 Å². The molecule has 0 unspecified atom stereocenters. The molecule has 0 N–H and O–H groups in total. The first-order valence-corrected chi connectivity index (χ1v) is 8.31. The van der Waals surface area contributed by atoms with Crippen molar-refractivity contribution in [2.75, 3.05) is 11.9 Å². The van der Waals surface area contributed by atoms with Crippen LogP contribution in [0.3, 0.4) is 0 Å². The molecule has 1 aromatic heterocycles. The summed E-state index contributed by atoms with van der Waals surface area (Å²) in [4.78, 5) is 21.4. The molecule has 0 spiro atoms. The predicted molar refractivity (Wildman–Crippen MR) is 98.3 cm³/mol. The molecule has 3 rings (SSSR count). The van der Waals surface area contributed by atoms with Gasteiger partial charge in [-0.1, -0.05) is 23.7 Å². The van der Waals surface area contributed by atoms with Crippen LogP contribution in [0, 0.1) is 0 Å². The Hall–Kier alpha value is -3.13. The molecule has 28 heavy (non-hydrogen) atoms. The van der Waals surface area contributed by atoms with E-state index in [4.69, 9.17) is 16.3 Å². The standard InChI is InChI=1S/C19H13ClF3N3O2/c1-26(15-4-2-3-12(7-15)13-9-24-11-25-10-13)18(27)28-17-6-5-14(20)8-16(17)19(21,22)23/h2-11H,1H3. The SMILES string of the molecule is CN(C(=O)Oc1ccc(Cl)cc1C(F)(F)F)c1cccc(-c2cncnc2)c1. The van der Waals surface area contributed by atoms with Crippen LogP contribution in [0.2, 0.25) is 5.02 Å². The zero-order chi connectivity index (χ0) is 20.3. The number of hydrogen-bond acceptors (Lipinski definition) is 4. The van der Waals surface area contributed by atoms with Gasteiger partial charge in [-0.3, -0.25) is 4.90 Å². The van der Waals surface area contributed by atoms with Gasteiger partial charge in [0.2, 0.25) is 0 Å². The number of amides is 1. The van der Waals surface area contributed by atoms with Crippen molar-refractivity contribution < 1.29 is 22.7 Å². The molecule has 9 heteroatoms. The van der Waals surface area contributed by atoms with Gasteiger partial charge in [-0.05, 0) is 35.9 Å². The molecule has 5 nitrogen and oxygen atoms in total. The lowest BCUT2D eigenvalue weighted by Gasteiger charge is -2.19. The number of benzene rings is 2. The molecule has 2 aromatic carbocycles. The van der Waals surface area contributed by atoms with E-state index >= 15 is 0 Å². The minimum Gasteiger partial charge on any atom is -0.409 e. The Balaban J connectivity index is 1.85. The van der Waals surface area contributed by atoms with Crippen molar-refractivity contribution in [2.24, 2.45) is 0 Å². The zero-order valence-electron chi connectivity index (χ0n) is 14.4. The molecular formula is C19H13ClF3N3O2. The Morgan fingerprint density at radius 2 is 1.79 bits per heavy atom. The number of hydrogen-bond donors (Lipinski definition) is 0. The number of rotatable bonds is 3. The Morgan fingerprint density at radius 1 is 1.07 bits per heavy atom. The molecule has 144 valence electrons. The summed E-state index contributed by atoms with van der Waals surface area (Å²) < 4.78 is 44.5. The summed E-state index contributed by atoms with van der Waals surface area (Å²) in [5, 5.41) is -0.113. The Bertz CT molecular complexity index is 997. The Morgan fingerprint density at radius 3 is 2.46 bits per heavy atom. The molecule has 0 aliphatic rings. The maximum absolute atomic E-state index is 13.2. The molecular weight excluding hydrogens is 395 g/mol. The third-order valence-corrected chi connectivity index (χ3v) is 4.08. The van der Waals surface area contributed by atoms with Gasteiger partial charge in [-0.2, -0.15) is 13.2 Å². The minimum absolute atomic E-state index is 0.113. The van der Waals surface area contributed by atoms with E-state index in [1.807, 2.05) is 0 Å². The van der Waals surface area contributed by atoms with Crippen LogP contribution in [0.5, 0.6) is 5.75 Å². The zero-order valence-corrected chi connectivity index (χ0v) is 15.2. The maximum atomic E-state index is 13.2. The fourth-order valence-electron chi connectivity index (χ4n) is 2.42. The molecule has 0 bridgehead atoms. The summed E-state index contributed by atoms with van der Waals surface area (Å²) in [6.45, 7) is 0. The van der Waals surface area contributed by atoms with Crippen LogP contribution in [-0.2, 0) is 6.18 Å². The van der Waals surface area contributed by atoms with Crippen molar-refractivity contribution in [2.45, 2.75) is 6.18 Å². The van der Waals surface area contributed by atoms with Crippen LogP contribution in [0.4, 0.5) is 23.7 Å². The van der Waals surface area contributed by atoms with Gasteiger partial charge in [0.05, 0.1) is 5.56 Å². The lowest BCUT2D eigenvalue weighted by molar-refractivity contribution is -0.138. The lowest BCUT2D eigenvalue weighted by atomic mass is 10.1. The molecule has 0 aliphatic carbocycles. The predicted octanol–water partition coefficient (Wildman–Crippen LogP) is 5.45. The second-order valence-electron chi connectivity index (χ2n) is 5.74. The second-order valence-corrected chi connectivity index (χ2v) is 6.18. The van der Waals surface area contributed by atoms with Crippen LogP contribution in [-0.4, -0.2) is 23.1 Å². The van der Waals surface area contributed by atoms with Crippen molar-refractivity contribution in [3.63, 3.8) is 0 Å². The number of anilines is 1. The number of alkyl halides is 3. The number of aromatic nitrogens is 2. The van der Waals surface area contributed by atoms with E-state index in [0.717, 1.165) is 22.1 Å². The Kier molecular flexibility index (Phi) is 5.51. The van der Waals surface area contributed by atoms with Gasteiger partial charge in [0, 0.05) is 35.7 Å². The first kappa shape index (κ1) is 19.6. The fourth-order valence-corrected chi connectivity index (χ4v) is 2.60. The van der Waals surface area contributed by atoms with Gasteiger partial charge >= 0.3 is 12.3 Å². The van der Waals surface area contributed by atoms with E-state index in [1.54, 1.807) is 36.7 Å². The highest BCUT2D eigenvalue weighted by Gasteiger charge is 2.35. The highest BCUT2D eigenvalue weighted by Crippen LogP contribution is 2.38. The topological polar surface area (TPSA) is 55.3 Å². The number of halogens is 4. The van der Waals surface area contributed by atoms with Crippen molar-refractivity contribution >= 4 is 23.4 Å². The second kappa shape index (κ2) is 7.85. The van der Waals surface area contributed by atoms with Crippen LogP contribution >= 0.6 is 11.6 Å². The molecule has 0 fully saturated rings. The quantitative estimate of drug-likeness (QED) is 0.579. The summed E-state index contributed by atoms with van der Waals surface area (Å²) in [5.41, 5.74) is 0.759. The molecule has 0 saturated heterocycles. The average Bonchev–Trinajstić information content (AvgIpc) is 2.68. The third-order valence-electron chi connectivity index (χ3n) is 3.85. The molecule has 1 heterocycles. The van der Waals surface area contributed by atoms with E-state index in [2.05, 4.69) is 9.97 Å². The van der Waals surface area contributed by atoms with Crippen LogP contribution in [0.15, 0.2) is 61.2 Å². The van der Waals surface area contributed by atoms with Crippen LogP contribution in [0.1, 0.15) is 5.56 Å². The van der Waals surface area contributed by atoms with Crippen molar-refractivity contribution in [1.29, 1.82) is 0 Å². The number of carbonyl (C=O) groups excluding carboxylic acids is 1. The first-order valence-electron chi connectivity index (χ1n) is 7.93. The smallest absolute Gasteiger partial charge is 0.409 e. The lowest BCUT2D eigenvalue weighted by Crippen LogP contribution is -2.30. The van der Waals surface area contributed by atoms with Crippen molar-refractivity contribution in [3.05, 3.63) is 71.8 Å². The van der Waals surface area contributed by atoms with E-state index in [9.17, 15) is 18.0 Å². The molecule has 0 aliphatic heterocycles. The average molecular weight is 408 g/mol. The van der Waals surface area contributed by atoms with Gasteiger partial charge in [0.25, 0.3) is 0 Å². The first-order chi connectivity index (χ1) is 13.3. The normalized spacial score (nSPS) is 11.2. The Labute approximate surface area is 163 Å². The van der Waals surface area contributed by atoms with Crippen molar-refractivity contribution in [3.8, 4) is 16.9 Å². The number of nitrogens with zero attached hydrogens (tertiary/aromatic N) is 3. The van der Waals surface area contributed by atoms with Crippen LogP contribution in [0.25, 0.3) is 11.1 Å². The summed E-state index contributed by atoms with van der Waals surface area (Å²) in [5.74, 6) is -0.624. The monoisotopic (exact) mass is 407 g/mol. The van der Waals surface area contributed by atoms with Gasteiger partial charge < -0.3 is 4.74 Å². The maximum Gasteiger partial charge on any atom is 0.420 e. The summed E-state index contributed by atoms with van der Waals surface area (Å²) in [6.07, 6.45) is -1.09. The van der Waals surface area contributed by atoms with E-state index in [0.29, 0.717) is 11.8 Å². The minimum atomic E-state index is -4.72. The highest BCUT2D eigenvalue weighted by atomic mass is 35.5. The summed E-state index contributed by atoms with van der Waals surface area (Å²) >= 11 is 5.63. The van der Waals surface area contributed by atoms with Gasteiger partial charge in [0.15, 0.2) is 0 Å². The molecule has 3 aromatic rings. The van der Waals surface area contributed by atoms with E-state index in [1.165, 1.54) is 19.4 Å². The van der Waals surface area contributed by atoms with Crippen LogP contribution < -0.4 is 9.64 Å². The van der Waals surface area contributed by atoms with E-state index < -0.39 is 23.6 Å². The number of carbonyl (C=O) groups is 1. The summed E-state index contributed by atoms with van der Waals surface area (Å²) in [7, 11) is 1.39. The molecule has 0 radical (unpaired) electrons. The largest absolute Gasteiger partial charge is 0.420 e.